The van der Waals surface area contributed by atoms with Crippen LogP contribution in [0.4, 0.5) is 0 Å². The molecule has 1 saturated carbocycles. The normalized spacial score (nSPS) is 21.8. The molecule has 4 nitrogen and oxygen atoms in total. The number of hydrogen-bond donors (Lipinski definition) is 1. The van der Waals surface area contributed by atoms with Gasteiger partial charge in [0.1, 0.15) is 0 Å². The van der Waals surface area contributed by atoms with Crippen molar-refractivity contribution in [2.24, 2.45) is 17.8 Å². The van der Waals surface area contributed by atoms with Gasteiger partial charge in [-0.2, -0.15) is 5.26 Å². The number of carbonyl (C=O) groups is 2. The zero-order valence-electron chi connectivity index (χ0n) is 12.0. The summed E-state index contributed by atoms with van der Waals surface area (Å²) in [4.78, 5) is 28.1. The number of carbonyl (C=O) groups excluding carboxylic acids is 2. The zero-order chi connectivity index (χ0) is 15.1. The van der Waals surface area contributed by atoms with E-state index in [-0.39, 0.29) is 17.5 Å². The summed E-state index contributed by atoms with van der Waals surface area (Å²) in [6.45, 7) is 3.77. The van der Waals surface area contributed by atoms with Crippen molar-refractivity contribution in [2.45, 2.75) is 20.3 Å². The van der Waals surface area contributed by atoms with Gasteiger partial charge in [0.05, 0.1) is 6.07 Å². The fraction of sp³-hybridized carbons (Fsp3) is 0.353. The number of hydrogen-bond acceptors (Lipinski definition) is 3. The number of ketones is 2. The number of nitrogens with zero attached hydrogens (tertiary/aromatic N) is 1. The maximum atomic E-state index is 12.7. The number of rotatable bonds is 4. The van der Waals surface area contributed by atoms with Crippen LogP contribution in [0, 0.1) is 36.0 Å². The second-order valence-electron chi connectivity index (χ2n) is 5.82. The van der Waals surface area contributed by atoms with Crippen molar-refractivity contribution in [1.82, 2.24) is 4.98 Å². The lowest BCUT2D eigenvalue weighted by Crippen LogP contribution is -2.25. The predicted octanol–water partition coefficient (Wildman–Crippen LogP) is 3.02. The van der Waals surface area contributed by atoms with Gasteiger partial charge in [0.2, 0.25) is 0 Å². The Labute approximate surface area is 122 Å². The summed E-state index contributed by atoms with van der Waals surface area (Å²) >= 11 is 0. The van der Waals surface area contributed by atoms with Gasteiger partial charge in [-0.05, 0) is 25.3 Å². The molecule has 0 radical (unpaired) electrons. The van der Waals surface area contributed by atoms with E-state index in [2.05, 4.69) is 4.98 Å². The van der Waals surface area contributed by atoms with Crippen LogP contribution in [-0.2, 0) is 4.79 Å². The van der Waals surface area contributed by atoms with Gasteiger partial charge in [0.25, 0.3) is 0 Å². The third kappa shape index (κ3) is 2.15. The number of H-pyrrole nitrogens is 1. The molecule has 1 N–H and O–H groups in total. The van der Waals surface area contributed by atoms with E-state index in [0.717, 1.165) is 17.3 Å². The summed E-state index contributed by atoms with van der Waals surface area (Å²) in [6.07, 6.45) is 0.789. The summed E-state index contributed by atoms with van der Waals surface area (Å²) in [5, 5.41) is 10.1. The minimum Gasteiger partial charge on any atom is -0.358 e. The van der Waals surface area contributed by atoms with Gasteiger partial charge in [-0.3, -0.25) is 9.59 Å². The van der Waals surface area contributed by atoms with E-state index >= 15 is 0 Å². The Morgan fingerprint density at radius 1 is 1.38 bits per heavy atom. The third-order valence-electron chi connectivity index (χ3n) is 4.29. The molecule has 3 atom stereocenters. The molecule has 0 aliphatic heterocycles. The summed E-state index contributed by atoms with van der Waals surface area (Å²) in [5.74, 6) is -1.61. The molecular weight excluding hydrogens is 264 g/mol. The number of aromatic nitrogens is 1. The molecule has 4 heteroatoms. The van der Waals surface area contributed by atoms with Crippen LogP contribution in [0.1, 0.15) is 29.4 Å². The number of para-hydroxylation sites is 1. The van der Waals surface area contributed by atoms with E-state index in [1.54, 1.807) is 6.92 Å². The summed E-state index contributed by atoms with van der Waals surface area (Å²) < 4.78 is 0. The van der Waals surface area contributed by atoms with Crippen molar-refractivity contribution in [1.29, 1.82) is 5.26 Å². The van der Waals surface area contributed by atoms with Crippen molar-refractivity contribution in [2.75, 3.05) is 0 Å². The number of aryl methyl sites for hydroxylation is 1. The van der Waals surface area contributed by atoms with E-state index < -0.39 is 5.92 Å². The van der Waals surface area contributed by atoms with E-state index in [9.17, 15) is 14.9 Å². The summed E-state index contributed by atoms with van der Waals surface area (Å²) in [6, 6.07) is 9.36. The maximum absolute atomic E-state index is 12.7. The molecule has 21 heavy (non-hydrogen) atoms. The first-order valence-corrected chi connectivity index (χ1v) is 7.09. The second kappa shape index (κ2) is 4.85. The molecule has 0 amide bonds. The van der Waals surface area contributed by atoms with Crippen molar-refractivity contribution >= 4 is 22.5 Å². The van der Waals surface area contributed by atoms with Crippen molar-refractivity contribution < 1.29 is 9.59 Å². The lowest BCUT2D eigenvalue weighted by atomic mass is 9.90. The van der Waals surface area contributed by atoms with Crippen LogP contribution in [0.2, 0.25) is 0 Å². The fourth-order valence-electron chi connectivity index (χ4n) is 2.92. The zero-order valence-corrected chi connectivity index (χ0v) is 12.0. The van der Waals surface area contributed by atoms with Gasteiger partial charge < -0.3 is 4.98 Å². The van der Waals surface area contributed by atoms with Crippen molar-refractivity contribution in [3.63, 3.8) is 0 Å². The Bertz CT molecular complexity index is 782. The van der Waals surface area contributed by atoms with Crippen LogP contribution >= 0.6 is 0 Å². The van der Waals surface area contributed by atoms with Gasteiger partial charge in [-0.1, -0.05) is 25.1 Å². The van der Waals surface area contributed by atoms with Crippen LogP contribution in [0.25, 0.3) is 10.9 Å². The lowest BCUT2D eigenvalue weighted by molar-refractivity contribution is -0.121. The summed E-state index contributed by atoms with van der Waals surface area (Å²) in [7, 11) is 0. The van der Waals surface area contributed by atoms with E-state index in [1.165, 1.54) is 0 Å². The molecule has 0 spiro atoms. The third-order valence-corrected chi connectivity index (χ3v) is 4.29. The van der Waals surface area contributed by atoms with Crippen molar-refractivity contribution in [3.05, 3.63) is 35.5 Å². The predicted molar refractivity (Wildman–Crippen MR) is 78.7 cm³/mol. The number of aromatic amines is 1. The monoisotopic (exact) mass is 280 g/mol. The second-order valence-corrected chi connectivity index (χ2v) is 5.82. The Kier molecular flexibility index (Phi) is 3.13. The minimum atomic E-state index is -1.18. The van der Waals surface area contributed by atoms with Crippen LogP contribution in [0.5, 0.6) is 0 Å². The Balaban J connectivity index is 2.01. The van der Waals surface area contributed by atoms with Crippen LogP contribution in [-0.4, -0.2) is 16.6 Å². The molecule has 1 aliphatic rings. The highest BCUT2D eigenvalue weighted by Crippen LogP contribution is 2.41. The number of benzene rings is 1. The van der Waals surface area contributed by atoms with Gasteiger partial charge in [-0.15, -0.1) is 0 Å². The standard InChI is InChI=1S/C17H16N2O2/c1-9-7-12(9)16(20)13(8-18)17(21)15-10(2)19-14-6-4-3-5-11(14)15/h3-6,9,12-13,19H,7H2,1-2H3. The smallest absolute Gasteiger partial charge is 0.189 e. The Morgan fingerprint density at radius 2 is 2.05 bits per heavy atom. The molecule has 3 rings (SSSR count). The highest BCUT2D eigenvalue weighted by Gasteiger charge is 2.45. The topological polar surface area (TPSA) is 73.7 Å². The molecule has 1 aliphatic carbocycles. The van der Waals surface area contributed by atoms with Crippen molar-refractivity contribution in [3.8, 4) is 6.07 Å². The molecule has 1 heterocycles. The molecule has 1 aromatic carbocycles. The van der Waals surface area contributed by atoms with E-state index in [1.807, 2.05) is 37.3 Å². The first kappa shape index (κ1) is 13.6. The average Bonchev–Trinajstić information content (AvgIpc) is 3.09. The first-order chi connectivity index (χ1) is 10.0. The Hall–Kier alpha value is -2.41. The minimum absolute atomic E-state index is 0.121. The fourth-order valence-corrected chi connectivity index (χ4v) is 2.92. The largest absolute Gasteiger partial charge is 0.358 e. The quantitative estimate of drug-likeness (QED) is 0.691. The molecule has 1 fully saturated rings. The average molecular weight is 280 g/mol. The maximum Gasteiger partial charge on any atom is 0.189 e. The van der Waals surface area contributed by atoms with Gasteiger partial charge in [0, 0.05) is 28.1 Å². The van der Waals surface area contributed by atoms with Crippen LogP contribution in [0.3, 0.4) is 0 Å². The number of nitrogens with one attached hydrogen (secondary N) is 1. The van der Waals surface area contributed by atoms with Crippen LogP contribution in [0.15, 0.2) is 24.3 Å². The highest BCUT2D eigenvalue weighted by atomic mass is 16.2. The number of nitriles is 1. The molecular formula is C17H16N2O2. The molecule has 0 saturated heterocycles. The van der Waals surface area contributed by atoms with E-state index in [4.69, 9.17) is 0 Å². The van der Waals surface area contributed by atoms with Crippen LogP contribution < -0.4 is 0 Å². The molecule has 1 aromatic heterocycles. The van der Waals surface area contributed by atoms with Gasteiger partial charge >= 0.3 is 0 Å². The van der Waals surface area contributed by atoms with Gasteiger partial charge in [-0.25, -0.2) is 0 Å². The number of Topliss-reactive ketones (excluding diaryl/α,β-unsaturated/α-hetero) is 2. The Morgan fingerprint density at radius 3 is 2.67 bits per heavy atom. The van der Waals surface area contributed by atoms with Gasteiger partial charge in [0.15, 0.2) is 17.5 Å². The number of fused-ring (bicyclic) bond motifs is 1. The molecule has 2 aromatic rings. The molecule has 106 valence electrons. The molecule has 0 bridgehead atoms. The molecule has 3 unspecified atom stereocenters. The highest BCUT2D eigenvalue weighted by molar-refractivity contribution is 6.19. The SMILES string of the molecule is Cc1[nH]c2ccccc2c1C(=O)C(C#N)C(=O)C1CC1C. The van der Waals surface area contributed by atoms with E-state index in [0.29, 0.717) is 17.2 Å². The lowest BCUT2D eigenvalue weighted by Gasteiger charge is -2.07. The first-order valence-electron chi connectivity index (χ1n) is 7.09. The summed E-state index contributed by atoms with van der Waals surface area (Å²) in [5.41, 5.74) is 2.03.